The highest BCUT2D eigenvalue weighted by Gasteiger charge is 2.19. The second-order valence-corrected chi connectivity index (χ2v) is 8.94. The number of carbonyl (C=O) groups is 1. The van der Waals surface area contributed by atoms with Crippen LogP contribution >= 0.6 is 11.8 Å². The molecule has 0 fully saturated rings. The average molecular weight is 414 g/mol. The Morgan fingerprint density at radius 2 is 2.14 bits per heavy atom. The summed E-state index contributed by atoms with van der Waals surface area (Å²) < 4.78 is 1.73. The summed E-state index contributed by atoms with van der Waals surface area (Å²) in [7, 11) is 0. The van der Waals surface area contributed by atoms with Crippen molar-refractivity contribution in [3.8, 4) is 0 Å². The maximum absolute atomic E-state index is 13.0. The first kappa shape index (κ1) is 21.6. The van der Waals surface area contributed by atoms with Crippen LogP contribution in [-0.4, -0.2) is 27.3 Å². The Kier molecular flexibility index (Phi) is 7.92. The molecule has 1 aromatic heterocycles. The van der Waals surface area contributed by atoms with E-state index in [9.17, 15) is 9.59 Å². The number of thioether (sulfide) groups is 1. The van der Waals surface area contributed by atoms with Crippen LogP contribution in [0.4, 0.5) is 0 Å². The molecule has 1 aliphatic rings. The fraction of sp³-hybridized carbons (Fsp3) is 0.522. The number of nitrogens with zero attached hydrogens (tertiary/aromatic N) is 2. The first-order valence-electron chi connectivity index (χ1n) is 10.7. The SMILES string of the molecule is CCCCn1c(SC(C)C(=O)NCCC2=CCCCC2)nc2ccccc2c1=O. The summed E-state index contributed by atoms with van der Waals surface area (Å²) in [6.45, 7) is 5.27. The van der Waals surface area contributed by atoms with Gasteiger partial charge in [0, 0.05) is 13.1 Å². The van der Waals surface area contributed by atoms with E-state index in [2.05, 4.69) is 18.3 Å². The number of unbranched alkanes of at least 4 members (excludes halogenated alkanes) is 1. The topological polar surface area (TPSA) is 64.0 Å². The molecular formula is C23H31N3O2S. The van der Waals surface area contributed by atoms with Crippen molar-refractivity contribution in [3.05, 3.63) is 46.3 Å². The minimum atomic E-state index is -0.309. The van der Waals surface area contributed by atoms with E-state index in [1.54, 1.807) is 4.57 Å². The molecule has 1 amide bonds. The van der Waals surface area contributed by atoms with Gasteiger partial charge in [-0.3, -0.25) is 14.2 Å². The molecule has 5 nitrogen and oxygen atoms in total. The van der Waals surface area contributed by atoms with Gasteiger partial charge >= 0.3 is 0 Å². The van der Waals surface area contributed by atoms with E-state index in [4.69, 9.17) is 4.98 Å². The summed E-state index contributed by atoms with van der Waals surface area (Å²) >= 11 is 1.37. The van der Waals surface area contributed by atoms with Gasteiger partial charge in [0.25, 0.3) is 5.56 Å². The molecule has 1 aromatic carbocycles. The van der Waals surface area contributed by atoms with Gasteiger partial charge in [-0.15, -0.1) is 0 Å². The average Bonchev–Trinajstić information content (AvgIpc) is 2.74. The first-order valence-corrected chi connectivity index (χ1v) is 11.6. The zero-order valence-corrected chi connectivity index (χ0v) is 18.3. The molecule has 29 heavy (non-hydrogen) atoms. The van der Waals surface area contributed by atoms with Crippen molar-refractivity contribution in [2.75, 3.05) is 6.54 Å². The predicted octanol–water partition coefficient (Wildman–Crippen LogP) is 4.68. The molecule has 1 unspecified atom stereocenters. The fourth-order valence-electron chi connectivity index (χ4n) is 3.58. The minimum absolute atomic E-state index is 0.00383. The van der Waals surface area contributed by atoms with Crippen molar-refractivity contribution >= 4 is 28.6 Å². The second-order valence-electron chi connectivity index (χ2n) is 7.63. The summed E-state index contributed by atoms with van der Waals surface area (Å²) in [4.78, 5) is 30.3. The number of aromatic nitrogens is 2. The van der Waals surface area contributed by atoms with Crippen molar-refractivity contribution < 1.29 is 4.79 Å². The van der Waals surface area contributed by atoms with Crippen LogP contribution < -0.4 is 10.9 Å². The molecule has 0 bridgehead atoms. The highest BCUT2D eigenvalue weighted by atomic mass is 32.2. The molecule has 0 saturated heterocycles. The Balaban J connectivity index is 1.69. The first-order chi connectivity index (χ1) is 14.1. The highest BCUT2D eigenvalue weighted by Crippen LogP contribution is 2.23. The molecule has 3 rings (SSSR count). The molecule has 1 atom stereocenters. The number of allylic oxidation sites excluding steroid dienone is 1. The largest absolute Gasteiger partial charge is 0.355 e. The number of nitrogens with one attached hydrogen (secondary N) is 1. The van der Waals surface area contributed by atoms with E-state index >= 15 is 0 Å². The van der Waals surface area contributed by atoms with Crippen molar-refractivity contribution in [2.24, 2.45) is 0 Å². The molecule has 0 saturated carbocycles. The zero-order chi connectivity index (χ0) is 20.6. The lowest BCUT2D eigenvalue weighted by atomic mass is 9.97. The number of fused-ring (bicyclic) bond motifs is 1. The van der Waals surface area contributed by atoms with Gasteiger partial charge in [-0.1, -0.05) is 48.9 Å². The van der Waals surface area contributed by atoms with Crippen LogP contribution in [0.2, 0.25) is 0 Å². The summed E-state index contributed by atoms with van der Waals surface area (Å²) in [5.41, 5.74) is 2.12. The number of para-hydroxylation sites is 1. The van der Waals surface area contributed by atoms with Crippen molar-refractivity contribution in [1.82, 2.24) is 14.9 Å². The van der Waals surface area contributed by atoms with Gasteiger partial charge < -0.3 is 5.32 Å². The molecule has 156 valence electrons. The van der Waals surface area contributed by atoms with Crippen LogP contribution in [0.15, 0.2) is 45.9 Å². The van der Waals surface area contributed by atoms with Gasteiger partial charge in [0.15, 0.2) is 5.16 Å². The van der Waals surface area contributed by atoms with Crippen LogP contribution in [0.5, 0.6) is 0 Å². The summed E-state index contributed by atoms with van der Waals surface area (Å²) in [5, 5.41) is 3.99. The van der Waals surface area contributed by atoms with Crippen LogP contribution in [0.25, 0.3) is 10.9 Å². The highest BCUT2D eigenvalue weighted by molar-refractivity contribution is 8.00. The molecule has 0 spiro atoms. The van der Waals surface area contributed by atoms with Crippen LogP contribution in [-0.2, 0) is 11.3 Å². The number of hydrogen-bond donors (Lipinski definition) is 1. The van der Waals surface area contributed by atoms with E-state index in [1.807, 2.05) is 31.2 Å². The minimum Gasteiger partial charge on any atom is -0.355 e. The van der Waals surface area contributed by atoms with Gasteiger partial charge in [-0.2, -0.15) is 0 Å². The van der Waals surface area contributed by atoms with Crippen molar-refractivity contribution in [1.29, 1.82) is 0 Å². The number of benzene rings is 1. The van der Waals surface area contributed by atoms with Crippen molar-refractivity contribution in [2.45, 2.75) is 75.7 Å². The molecule has 6 heteroatoms. The van der Waals surface area contributed by atoms with Gasteiger partial charge in [-0.25, -0.2) is 4.98 Å². The van der Waals surface area contributed by atoms with Crippen LogP contribution in [0, 0.1) is 0 Å². The van der Waals surface area contributed by atoms with E-state index in [0.717, 1.165) is 25.7 Å². The molecule has 1 N–H and O–H groups in total. The standard InChI is InChI=1S/C23H31N3O2S/c1-3-4-16-26-22(28)19-12-8-9-13-20(19)25-23(26)29-17(2)21(27)24-15-14-18-10-6-5-7-11-18/h8-10,12-13,17H,3-7,11,14-16H2,1-2H3,(H,24,27). The number of rotatable bonds is 9. The third kappa shape index (κ3) is 5.72. The smallest absolute Gasteiger partial charge is 0.262 e. The lowest BCUT2D eigenvalue weighted by Gasteiger charge is -2.17. The van der Waals surface area contributed by atoms with Gasteiger partial charge in [0.2, 0.25) is 5.91 Å². The maximum atomic E-state index is 13.0. The van der Waals surface area contributed by atoms with E-state index in [0.29, 0.717) is 29.1 Å². The zero-order valence-electron chi connectivity index (χ0n) is 17.4. The molecule has 0 radical (unpaired) electrons. The molecular weight excluding hydrogens is 382 g/mol. The quantitative estimate of drug-likeness (QED) is 0.368. The predicted molar refractivity (Wildman–Crippen MR) is 120 cm³/mol. The van der Waals surface area contributed by atoms with Gasteiger partial charge in [0.1, 0.15) is 0 Å². The Morgan fingerprint density at radius 3 is 2.90 bits per heavy atom. The van der Waals surface area contributed by atoms with E-state index in [1.165, 1.54) is 36.6 Å². The summed E-state index contributed by atoms with van der Waals surface area (Å²) in [5.74, 6) is -0.00383. The maximum Gasteiger partial charge on any atom is 0.262 e. The lowest BCUT2D eigenvalue weighted by molar-refractivity contribution is -0.120. The van der Waals surface area contributed by atoms with Crippen LogP contribution in [0.1, 0.15) is 58.8 Å². The second kappa shape index (κ2) is 10.6. The molecule has 1 heterocycles. The molecule has 1 aliphatic carbocycles. The van der Waals surface area contributed by atoms with E-state index < -0.39 is 0 Å². The normalized spacial score (nSPS) is 15.2. The molecule has 2 aromatic rings. The monoisotopic (exact) mass is 413 g/mol. The van der Waals surface area contributed by atoms with Gasteiger partial charge in [-0.05, 0) is 57.6 Å². The van der Waals surface area contributed by atoms with Gasteiger partial charge in [0.05, 0.1) is 16.2 Å². The van der Waals surface area contributed by atoms with Crippen molar-refractivity contribution in [3.63, 3.8) is 0 Å². The Morgan fingerprint density at radius 1 is 1.31 bits per heavy atom. The number of hydrogen-bond acceptors (Lipinski definition) is 4. The number of carbonyl (C=O) groups excluding carboxylic acids is 1. The molecule has 0 aliphatic heterocycles. The van der Waals surface area contributed by atoms with E-state index in [-0.39, 0.29) is 16.7 Å². The number of amides is 1. The third-order valence-corrected chi connectivity index (χ3v) is 6.43. The summed E-state index contributed by atoms with van der Waals surface area (Å²) in [6, 6.07) is 7.42. The Labute approximate surface area is 177 Å². The van der Waals surface area contributed by atoms with Crippen LogP contribution in [0.3, 0.4) is 0 Å². The Bertz CT molecular complexity index is 935. The third-order valence-electron chi connectivity index (χ3n) is 5.34. The fourth-order valence-corrected chi connectivity index (χ4v) is 4.54. The lowest BCUT2D eigenvalue weighted by Crippen LogP contribution is -2.33. The summed E-state index contributed by atoms with van der Waals surface area (Å²) in [6.07, 6.45) is 10.0. The Hall–Kier alpha value is -2.08.